The van der Waals surface area contributed by atoms with Crippen molar-refractivity contribution in [2.24, 2.45) is 0 Å². The minimum absolute atomic E-state index is 0.0421. The average Bonchev–Trinajstić information content (AvgIpc) is 3.35. The Morgan fingerprint density at radius 2 is 1.87 bits per heavy atom. The number of halogens is 1. The van der Waals surface area contributed by atoms with Gasteiger partial charge in [0.2, 0.25) is 0 Å². The van der Waals surface area contributed by atoms with Crippen molar-refractivity contribution in [3.8, 4) is 11.3 Å². The second kappa shape index (κ2) is 7.73. The van der Waals surface area contributed by atoms with Crippen molar-refractivity contribution in [1.29, 1.82) is 0 Å². The van der Waals surface area contributed by atoms with Crippen LogP contribution >= 0.6 is 11.6 Å². The first-order valence-electron chi connectivity index (χ1n) is 9.10. The highest BCUT2D eigenvalue weighted by molar-refractivity contribution is 6.31. The number of rotatable bonds is 4. The first-order chi connectivity index (χ1) is 14.8. The summed E-state index contributed by atoms with van der Waals surface area (Å²) in [7, 11) is 1.27. The van der Waals surface area contributed by atoms with E-state index in [1.165, 1.54) is 42.0 Å². The van der Waals surface area contributed by atoms with Crippen LogP contribution in [0, 0.1) is 17.0 Å². The molecule has 4 rings (SSSR count). The smallest absolute Gasteiger partial charge is 0.340 e. The first kappa shape index (κ1) is 20.4. The van der Waals surface area contributed by atoms with Crippen LogP contribution in [0.3, 0.4) is 0 Å². The molecule has 0 aliphatic heterocycles. The number of aromatic nitrogens is 1. The van der Waals surface area contributed by atoms with Crippen LogP contribution in [0.2, 0.25) is 5.02 Å². The minimum Gasteiger partial charge on any atom is -0.465 e. The summed E-state index contributed by atoms with van der Waals surface area (Å²) in [6, 6.07) is 14.0. The van der Waals surface area contributed by atoms with Gasteiger partial charge in [-0.3, -0.25) is 19.5 Å². The van der Waals surface area contributed by atoms with Gasteiger partial charge < -0.3 is 9.15 Å². The number of nitro groups is 1. The molecule has 0 unspecified atom stereocenters. The van der Waals surface area contributed by atoms with E-state index < -0.39 is 16.8 Å². The molecule has 2 aromatic carbocycles. The quantitative estimate of drug-likeness (QED) is 0.245. The van der Waals surface area contributed by atoms with Gasteiger partial charge in [0.15, 0.2) is 5.76 Å². The summed E-state index contributed by atoms with van der Waals surface area (Å²) in [5.74, 6) is -0.975. The van der Waals surface area contributed by atoms with Crippen LogP contribution in [0.15, 0.2) is 59.0 Å². The number of furan rings is 1. The van der Waals surface area contributed by atoms with Gasteiger partial charge >= 0.3 is 5.97 Å². The lowest BCUT2D eigenvalue weighted by Gasteiger charge is -2.05. The maximum atomic E-state index is 13.3. The van der Waals surface area contributed by atoms with Gasteiger partial charge in [-0.1, -0.05) is 29.8 Å². The molecule has 4 aromatic rings. The molecule has 0 bridgehead atoms. The molecule has 31 heavy (non-hydrogen) atoms. The molecule has 9 heteroatoms. The first-order valence-corrected chi connectivity index (χ1v) is 9.48. The minimum atomic E-state index is -0.572. The fourth-order valence-corrected chi connectivity index (χ4v) is 3.73. The number of carbonyl (C=O) groups is 2. The third-order valence-corrected chi connectivity index (χ3v) is 5.18. The Morgan fingerprint density at radius 1 is 1.13 bits per heavy atom. The number of carbonyl (C=O) groups excluding carboxylic acids is 2. The zero-order valence-corrected chi connectivity index (χ0v) is 17.2. The van der Waals surface area contributed by atoms with Gasteiger partial charge in [0, 0.05) is 22.2 Å². The van der Waals surface area contributed by atoms with Gasteiger partial charge in [0.1, 0.15) is 5.76 Å². The fraction of sp³-hybridized carbons (Fsp3) is 0.0909. The fourth-order valence-electron chi connectivity index (χ4n) is 3.56. The van der Waals surface area contributed by atoms with Gasteiger partial charge in [-0.25, -0.2) is 4.79 Å². The van der Waals surface area contributed by atoms with Crippen LogP contribution in [0.5, 0.6) is 0 Å². The molecule has 0 N–H and O–H groups in total. The lowest BCUT2D eigenvalue weighted by Crippen LogP contribution is -2.14. The number of fused-ring (bicyclic) bond motifs is 1. The number of para-hydroxylation sites is 1. The Balaban J connectivity index is 1.83. The Labute approximate surface area is 180 Å². The van der Waals surface area contributed by atoms with Crippen LogP contribution < -0.4 is 0 Å². The highest BCUT2D eigenvalue weighted by Crippen LogP contribution is 2.34. The highest BCUT2D eigenvalue weighted by Gasteiger charge is 2.26. The van der Waals surface area contributed by atoms with E-state index in [1.54, 1.807) is 31.2 Å². The molecule has 0 aliphatic rings. The predicted octanol–water partition coefficient (Wildman–Crippen LogP) is 5.25. The van der Waals surface area contributed by atoms with Crippen molar-refractivity contribution in [3.05, 3.63) is 86.8 Å². The van der Waals surface area contributed by atoms with E-state index in [-0.39, 0.29) is 33.4 Å². The molecule has 0 amide bonds. The van der Waals surface area contributed by atoms with Gasteiger partial charge in [0.05, 0.1) is 28.7 Å². The van der Waals surface area contributed by atoms with Gasteiger partial charge in [-0.05, 0) is 37.3 Å². The molecule has 0 saturated carbocycles. The van der Waals surface area contributed by atoms with E-state index >= 15 is 0 Å². The molecular weight excluding hydrogens is 424 g/mol. The zero-order valence-electron chi connectivity index (χ0n) is 16.4. The number of methoxy groups -OCH3 is 1. The number of nitro benzene ring substituents is 1. The van der Waals surface area contributed by atoms with Crippen molar-refractivity contribution in [2.75, 3.05) is 7.11 Å². The third kappa shape index (κ3) is 3.36. The Hall–Kier alpha value is -3.91. The number of ether oxygens (including phenoxy) is 1. The van der Waals surface area contributed by atoms with Crippen LogP contribution in [-0.4, -0.2) is 28.5 Å². The predicted molar refractivity (Wildman–Crippen MR) is 114 cm³/mol. The molecular formula is C22H15ClN2O6. The van der Waals surface area contributed by atoms with Gasteiger partial charge in [-0.2, -0.15) is 0 Å². The number of hydrogen-bond acceptors (Lipinski definition) is 6. The summed E-state index contributed by atoms with van der Waals surface area (Å²) < 4.78 is 11.9. The van der Waals surface area contributed by atoms with Gasteiger partial charge in [-0.15, -0.1) is 0 Å². The number of hydrogen-bond donors (Lipinski definition) is 0. The van der Waals surface area contributed by atoms with E-state index in [0.717, 1.165) is 0 Å². The van der Waals surface area contributed by atoms with Crippen LogP contribution in [0.1, 0.15) is 26.6 Å². The monoisotopic (exact) mass is 438 g/mol. The van der Waals surface area contributed by atoms with Crippen LogP contribution in [0.4, 0.5) is 5.69 Å². The zero-order chi connectivity index (χ0) is 22.3. The lowest BCUT2D eigenvalue weighted by atomic mass is 10.1. The summed E-state index contributed by atoms with van der Waals surface area (Å²) in [4.78, 5) is 36.4. The Kier molecular flexibility index (Phi) is 5.08. The van der Waals surface area contributed by atoms with Crippen molar-refractivity contribution in [3.63, 3.8) is 0 Å². The summed E-state index contributed by atoms with van der Waals surface area (Å²) in [6.07, 6.45) is 0. The lowest BCUT2D eigenvalue weighted by molar-refractivity contribution is -0.384. The van der Waals surface area contributed by atoms with E-state index in [2.05, 4.69) is 0 Å². The molecule has 0 atom stereocenters. The van der Waals surface area contributed by atoms with E-state index in [9.17, 15) is 19.7 Å². The molecule has 0 aliphatic carbocycles. The van der Waals surface area contributed by atoms with E-state index in [1.807, 2.05) is 0 Å². The third-order valence-electron chi connectivity index (χ3n) is 4.94. The maximum absolute atomic E-state index is 13.3. The standard InChI is InChI=1S/C22H15ClN2O6/c1-12-20(22(27)30-2)15-5-3-4-6-16(15)24(12)21(26)19-10-9-18(31-19)14-8-7-13(23)11-17(14)25(28)29/h3-11H,1-2H3. The summed E-state index contributed by atoms with van der Waals surface area (Å²) >= 11 is 5.87. The molecule has 8 nitrogen and oxygen atoms in total. The molecule has 0 spiro atoms. The average molecular weight is 439 g/mol. The maximum Gasteiger partial charge on any atom is 0.340 e. The number of esters is 1. The van der Waals surface area contributed by atoms with Crippen molar-refractivity contribution >= 4 is 40.1 Å². The Bertz CT molecular complexity index is 1370. The van der Waals surface area contributed by atoms with Crippen molar-refractivity contribution < 1.29 is 23.7 Å². The SMILES string of the molecule is COC(=O)c1c(C)n(C(=O)c2ccc(-c3ccc(Cl)cc3[N+](=O)[O-])o2)c2ccccc12. The van der Waals surface area contributed by atoms with E-state index in [0.29, 0.717) is 16.6 Å². The largest absolute Gasteiger partial charge is 0.465 e. The second-order valence-electron chi connectivity index (χ2n) is 6.69. The summed E-state index contributed by atoms with van der Waals surface area (Å²) in [6.45, 7) is 1.64. The molecule has 0 fully saturated rings. The Morgan fingerprint density at radius 3 is 2.58 bits per heavy atom. The highest BCUT2D eigenvalue weighted by atomic mass is 35.5. The van der Waals surface area contributed by atoms with E-state index in [4.69, 9.17) is 20.8 Å². The van der Waals surface area contributed by atoms with Gasteiger partial charge in [0.25, 0.3) is 11.6 Å². The number of nitrogens with zero attached hydrogens (tertiary/aromatic N) is 2. The molecule has 0 radical (unpaired) electrons. The van der Waals surface area contributed by atoms with Crippen LogP contribution in [0.25, 0.3) is 22.2 Å². The summed E-state index contributed by atoms with van der Waals surface area (Å²) in [5, 5.41) is 12.2. The normalized spacial score (nSPS) is 10.9. The summed E-state index contributed by atoms with van der Waals surface area (Å²) in [5.41, 5.74) is 1.15. The van der Waals surface area contributed by atoms with Crippen molar-refractivity contribution in [1.82, 2.24) is 4.57 Å². The molecule has 2 aromatic heterocycles. The molecule has 2 heterocycles. The topological polar surface area (TPSA) is 105 Å². The van der Waals surface area contributed by atoms with Crippen molar-refractivity contribution in [2.45, 2.75) is 6.92 Å². The van der Waals surface area contributed by atoms with Crippen LogP contribution in [-0.2, 0) is 4.74 Å². The number of benzene rings is 2. The molecule has 156 valence electrons. The second-order valence-corrected chi connectivity index (χ2v) is 7.13. The molecule has 0 saturated heterocycles.